The van der Waals surface area contributed by atoms with Gasteiger partial charge in [-0.25, -0.2) is 4.98 Å². The summed E-state index contributed by atoms with van der Waals surface area (Å²) in [6, 6.07) is 12.3. The van der Waals surface area contributed by atoms with Crippen LogP contribution in [0.5, 0.6) is 0 Å². The second-order valence-corrected chi connectivity index (χ2v) is 9.56. The van der Waals surface area contributed by atoms with E-state index in [2.05, 4.69) is 31.2 Å². The lowest BCUT2D eigenvalue weighted by Gasteiger charge is -2.13. The summed E-state index contributed by atoms with van der Waals surface area (Å²) in [4.78, 5) is 20.8. The first kappa shape index (κ1) is 18.7. The first-order valence-corrected chi connectivity index (χ1v) is 11.7. The van der Waals surface area contributed by atoms with Crippen LogP contribution in [0.2, 0.25) is 0 Å². The van der Waals surface area contributed by atoms with Crippen LogP contribution < -0.4 is 5.56 Å². The van der Waals surface area contributed by atoms with E-state index in [4.69, 9.17) is 9.40 Å². The largest absolute Gasteiger partial charge is 0.467 e. The number of nitrogens with zero attached hydrogens (tertiary/aromatic N) is 2. The molecule has 3 aromatic heterocycles. The highest BCUT2D eigenvalue weighted by molar-refractivity contribution is 7.98. The fourth-order valence-electron chi connectivity index (χ4n) is 3.98. The Morgan fingerprint density at radius 1 is 1.21 bits per heavy atom. The molecule has 4 aromatic rings. The molecule has 0 saturated heterocycles. The predicted molar refractivity (Wildman–Crippen MR) is 119 cm³/mol. The molecule has 0 aliphatic heterocycles. The average Bonchev–Trinajstić information content (AvgIpc) is 3.36. The summed E-state index contributed by atoms with van der Waals surface area (Å²) in [5.41, 5.74) is 3.78. The van der Waals surface area contributed by atoms with Crippen LogP contribution in [0.3, 0.4) is 0 Å². The second-order valence-electron chi connectivity index (χ2n) is 7.53. The van der Waals surface area contributed by atoms with Crippen molar-refractivity contribution in [3.05, 3.63) is 80.3 Å². The average molecular weight is 423 g/mol. The monoisotopic (exact) mass is 422 g/mol. The van der Waals surface area contributed by atoms with Crippen LogP contribution in [0.4, 0.5) is 0 Å². The van der Waals surface area contributed by atoms with Crippen molar-refractivity contribution < 1.29 is 4.42 Å². The molecule has 0 radical (unpaired) electrons. The first-order chi connectivity index (χ1) is 14.2. The molecule has 1 aromatic carbocycles. The number of rotatable bonds is 5. The molecule has 5 rings (SSSR count). The topological polar surface area (TPSA) is 48.0 Å². The van der Waals surface area contributed by atoms with Gasteiger partial charge < -0.3 is 4.42 Å². The molecule has 0 amide bonds. The van der Waals surface area contributed by atoms with Crippen LogP contribution in [0.15, 0.2) is 57.0 Å². The van der Waals surface area contributed by atoms with Crippen LogP contribution in [-0.4, -0.2) is 9.55 Å². The Morgan fingerprint density at radius 2 is 2.10 bits per heavy atom. The summed E-state index contributed by atoms with van der Waals surface area (Å²) in [6.07, 6.45) is 6.07. The Hall–Kier alpha value is -2.31. The number of hydrogen-bond donors (Lipinski definition) is 0. The maximum absolute atomic E-state index is 13.5. The van der Waals surface area contributed by atoms with Crippen LogP contribution >= 0.6 is 23.1 Å². The molecule has 0 saturated carbocycles. The van der Waals surface area contributed by atoms with Crippen LogP contribution in [0, 0.1) is 6.92 Å². The number of aryl methyl sites for hydroxylation is 3. The summed E-state index contributed by atoms with van der Waals surface area (Å²) in [6.45, 7) is 2.51. The van der Waals surface area contributed by atoms with Crippen molar-refractivity contribution >= 4 is 33.3 Å². The summed E-state index contributed by atoms with van der Waals surface area (Å²) in [7, 11) is 0. The van der Waals surface area contributed by atoms with Crippen molar-refractivity contribution in [1.82, 2.24) is 9.55 Å². The Kier molecular flexibility index (Phi) is 5.06. The van der Waals surface area contributed by atoms with Crippen molar-refractivity contribution in [2.45, 2.75) is 50.1 Å². The van der Waals surface area contributed by atoms with Gasteiger partial charge in [0, 0.05) is 10.6 Å². The molecule has 4 nitrogen and oxygen atoms in total. The van der Waals surface area contributed by atoms with Crippen LogP contribution in [-0.2, 0) is 25.1 Å². The summed E-state index contributed by atoms with van der Waals surface area (Å²) in [5.74, 6) is 1.55. The molecule has 148 valence electrons. The maximum atomic E-state index is 13.5. The summed E-state index contributed by atoms with van der Waals surface area (Å²) in [5, 5.41) is 1.59. The Labute approximate surface area is 177 Å². The van der Waals surface area contributed by atoms with Gasteiger partial charge in [0.1, 0.15) is 10.6 Å². The molecule has 0 N–H and O–H groups in total. The van der Waals surface area contributed by atoms with Crippen LogP contribution in [0.25, 0.3) is 10.2 Å². The lowest BCUT2D eigenvalue weighted by atomic mass is 9.97. The smallest absolute Gasteiger partial charge is 0.263 e. The predicted octanol–water partition coefficient (Wildman–Crippen LogP) is 5.58. The Morgan fingerprint density at radius 3 is 2.93 bits per heavy atom. The van der Waals surface area contributed by atoms with Crippen molar-refractivity contribution in [3.8, 4) is 0 Å². The molecule has 29 heavy (non-hydrogen) atoms. The number of hydrogen-bond acceptors (Lipinski definition) is 5. The minimum absolute atomic E-state index is 0.0672. The third-order valence-electron chi connectivity index (χ3n) is 5.38. The highest BCUT2D eigenvalue weighted by Gasteiger charge is 2.22. The van der Waals surface area contributed by atoms with Gasteiger partial charge in [-0.05, 0) is 55.9 Å². The van der Waals surface area contributed by atoms with E-state index in [1.165, 1.54) is 28.0 Å². The van der Waals surface area contributed by atoms with Crippen LogP contribution in [0.1, 0.15) is 40.2 Å². The van der Waals surface area contributed by atoms with E-state index in [9.17, 15) is 4.79 Å². The zero-order chi connectivity index (χ0) is 19.8. The number of thiophene rings is 1. The third kappa shape index (κ3) is 3.67. The molecular formula is C23H22N2O2S2. The highest BCUT2D eigenvalue weighted by Crippen LogP contribution is 2.35. The number of furan rings is 1. The first-order valence-electron chi connectivity index (χ1n) is 9.95. The minimum Gasteiger partial charge on any atom is -0.467 e. The van der Waals surface area contributed by atoms with Gasteiger partial charge in [-0.15, -0.1) is 11.3 Å². The number of fused-ring (bicyclic) bond motifs is 3. The van der Waals surface area contributed by atoms with Gasteiger partial charge in [-0.3, -0.25) is 9.36 Å². The number of thioether (sulfide) groups is 1. The van der Waals surface area contributed by atoms with Gasteiger partial charge in [-0.2, -0.15) is 0 Å². The van der Waals surface area contributed by atoms with E-state index < -0.39 is 0 Å². The quantitative estimate of drug-likeness (QED) is 0.311. The lowest BCUT2D eigenvalue weighted by Crippen LogP contribution is -2.24. The van der Waals surface area contributed by atoms with Crippen molar-refractivity contribution in [2.75, 3.05) is 0 Å². The fourth-order valence-corrected chi connectivity index (χ4v) is 6.22. The summed E-state index contributed by atoms with van der Waals surface area (Å²) >= 11 is 3.33. The van der Waals surface area contributed by atoms with E-state index in [1.807, 2.05) is 12.1 Å². The molecule has 0 spiro atoms. The molecule has 6 heteroatoms. The highest BCUT2D eigenvalue weighted by atomic mass is 32.2. The van der Waals surface area contributed by atoms with Crippen molar-refractivity contribution in [2.24, 2.45) is 0 Å². The maximum Gasteiger partial charge on any atom is 0.263 e. The van der Waals surface area contributed by atoms with Crippen molar-refractivity contribution in [1.29, 1.82) is 0 Å². The number of aromatic nitrogens is 2. The van der Waals surface area contributed by atoms with E-state index in [1.54, 1.807) is 33.9 Å². The molecule has 1 aliphatic carbocycles. The lowest BCUT2D eigenvalue weighted by molar-refractivity contribution is 0.476. The van der Waals surface area contributed by atoms with Crippen molar-refractivity contribution in [3.63, 3.8) is 0 Å². The fraction of sp³-hybridized carbons (Fsp3) is 0.304. The van der Waals surface area contributed by atoms with E-state index in [0.29, 0.717) is 6.54 Å². The van der Waals surface area contributed by atoms with E-state index >= 15 is 0 Å². The normalized spacial score (nSPS) is 13.7. The zero-order valence-electron chi connectivity index (χ0n) is 16.3. The Bertz CT molecular complexity index is 1220. The molecular weight excluding hydrogens is 400 g/mol. The molecule has 3 heterocycles. The van der Waals surface area contributed by atoms with Gasteiger partial charge in [0.25, 0.3) is 5.56 Å². The Balaban J connectivity index is 1.59. The van der Waals surface area contributed by atoms with Gasteiger partial charge in [0.05, 0.1) is 18.2 Å². The second kappa shape index (κ2) is 7.84. The molecule has 0 atom stereocenters. The molecule has 0 bridgehead atoms. The van der Waals surface area contributed by atoms with Gasteiger partial charge >= 0.3 is 0 Å². The van der Waals surface area contributed by atoms with E-state index in [-0.39, 0.29) is 5.56 Å². The summed E-state index contributed by atoms with van der Waals surface area (Å²) < 4.78 is 7.33. The number of benzene rings is 1. The third-order valence-corrected chi connectivity index (χ3v) is 7.62. The molecule has 0 fully saturated rings. The molecule has 1 aliphatic rings. The van der Waals surface area contributed by atoms with Gasteiger partial charge in [-0.1, -0.05) is 41.6 Å². The zero-order valence-corrected chi connectivity index (χ0v) is 17.9. The minimum atomic E-state index is 0.0672. The SMILES string of the molecule is Cc1cccc(CSc2nc3sc4c(c3c(=O)n2Cc2ccco2)CCCC4)c1. The van der Waals surface area contributed by atoms with Gasteiger partial charge in [0.2, 0.25) is 0 Å². The van der Waals surface area contributed by atoms with E-state index in [0.717, 1.165) is 46.1 Å². The standard InChI is InChI=1S/C23H22N2O2S2/c1-15-6-4-7-16(12-15)14-28-23-24-21-20(18-9-2-3-10-19(18)29-21)22(26)25(23)13-17-8-5-11-27-17/h4-8,11-12H,2-3,9-10,13-14H2,1H3. The van der Waals surface area contributed by atoms with Gasteiger partial charge in [0.15, 0.2) is 5.16 Å². The molecule has 0 unspecified atom stereocenters.